The highest BCUT2D eigenvalue weighted by atomic mass is 16.5. The number of carbonyl (C=O) groups is 2. The lowest BCUT2D eigenvalue weighted by molar-refractivity contribution is -0.130. The van der Waals surface area contributed by atoms with Gasteiger partial charge in [0, 0.05) is 25.6 Å². The van der Waals surface area contributed by atoms with Crippen LogP contribution in [0.1, 0.15) is 32.3 Å². The van der Waals surface area contributed by atoms with Crippen molar-refractivity contribution in [3.05, 3.63) is 29.8 Å². The summed E-state index contributed by atoms with van der Waals surface area (Å²) in [7, 11) is 1.64. The third-order valence-corrected chi connectivity index (χ3v) is 4.52. The standard InChI is InChI=1S/C18H26N2O3/c1-4-13(2)20-12-15(11-17(20)21)18(22)19-10-9-14-5-7-16(23-3)8-6-14/h5-8,13,15H,4,9-12H2,1-3H3,(H,19,22). The van der Waals surface area contributed by atoms with Crippen LogP contribution in [0.15, 0.2) is 24.3 Å². The summed E-state index contributed by atoms with van der Waals surface area (Å²) >= 11 is 0. The van der Waals surface area contributed by atoms with Gasteiger partial charge in [0.05, 0.1) is 13.0 Å². The summed E-state index contributed by atoms with van der Waals surface area (Å²) < 4.78 is 5.12. The van der Waals surface area contributed by atoms with E-state index < -0.39 is 0 Å². The van der Waals surface area contributed by atoms with Gasteiger partial charge in [0.2, 0.25) is 11.8 Å². The smallest absolute Gasteiger partial charge is 0.225 e. The quantitative estimate of drug-likeness (QED) is 0.836. The fraction of sp³-hybridized carbons (Fsp3) is 0.556. The van der Waals surface area contributed by atoms with Gasteiger partial charge in [-0.25, -0.2) is 0 Å². The molecule has 1 N–H and O–H groups in total. The van der Waals surface area contributed by atoms with E-state index in [-0.39, 0.29) is 23.8 Å². The van der Waals surface area contributed by atoms with Gasteiger partial charge in [-0.15, -0.1) is 0 Å². The Hall–Kier alpha value is -2.04. The molecule has 0 radical (unpaired) electrons. The maximum Gasteiger partial charge on any atom is 0.225 e. The van der Waals surface area contributed by atoms with Crippen LogP contribution in [0.5, 0.6) is 5.75 Å². The van der Waals surface area contributed by atoms with Crippen LogP contribution in [-0.2, 0) is 16.0 Å². The fourth-order valence-electron chi connectivity index (χ4n) is 2.82. The third-order valence-electron chi connectivity index (χ3n) is 4.52. The molecule has 1 aliphatic rings. The van der Waals surface area contributed by atoms with Gasteiger partial charge in [0.15, 0.2) is 0 Å². The summed E-state index contributed by atoms with van der Waals surface area (Å²) in [5.41, 5.74) is 1.15. The van der Waals surface area contributed by atoms with Gasteiger partial charge < -0.3 is 15.0 Å². The number of carbonyl (C=O) groups excluding carboxylic acids is 2. The number of likely N-dealkylation sites (tertiary alicyclic amines) is 1. The molecule has 2 rings (SSSR count). The molecule has 0 spiro atoms. The topological polar surface area (TPSA) is 58.6 Å². The summed E-state index contributed by atoms with van der Waals surface area (Å²) in [5.74, 6) is 0.687. The molecule has 1 aliphatic heterocycles. The second-order valence-electron chi connectivity index (χ2n) is 6.09. The first kappa shape index (κ1) is 17.3. The fourth-order valence-corrected chi connectivity index (χ4v) is 2.82. The molecule has 1 saturated heterocycles. The van der Waals surface area contributed by atoms with Gasteiger partial charge in [0.25, 0.3) is 0 Å². The van der Waals surface area contributed by atoms with E-state index in [1.165, 1.54) is 0 Å². The molecule has 0 saturated carbocycles. The van der Waals surface area contributed by atoms with E-state index in [9.17, 15) is 9.59 Å². The number of rotatable bonds is 7. The van der Waals surface area contributed by atoms with Crippen LogP contribution >= 0.6 is 0 Å². The van der Waals surface area contributed by atoms with E-state index in [1.807, 2.05) is 36.1 Å². The predicted molar refractivity (Wildman–Crippen MR) is 89.3 cm³/mol. The number of hydrogen-bond acceptors (Lipinski definition) is 3. The monoisotopic (exact) mass is 318 g/mol. The second-order valence-corrected chi connectivity index (χ2v) is 6.09. The molecule has 1 heterocycles. The molecule has 0 aliphatic carbocycles. The Labute approximate surface area is 138 Å². The lowest BCUT2D eigenvalue weighted by Crippen LogP contribution is -2.37. The third kappa shape index (κ3) is 4.47. The van der Waals surface area contributed by atoms with Crippen molar-refractivity contribution in [2.24, 2.45) is 5.92 Å². The predicted octanol–water partition coefficient (Wildman–Crippen LogP) is 2.00. The number of benzene rings is 1. The Morgan fingerprint density at radius 1 is 1.39 bits per heavy atom. The zero-order valence-electron chi connectivity index (χ0n) is 14.2. The second kappa shape index (κ2) is 7.99. The maximum absolute atomic E-state index is 12.2. The number of ether oxygens (including phenoxy) is 1. The van der Waals surface area contributed by atoms with Crippen LogP contribution in [0, 0.1) is 5.92 Å². The molecule has 5 heteroatoms. The number of nitrogens with one attached hydrogen (secondary N) is 1. The molecular formula is C18H26N2O3. The van der Waals surface area contributed by atoms with Crippen LogP contribution in [-0.4, -0.2) is 43.0 Å². The Morgan fingerprint density at radius 2 is 2.09 bits per heavy atom. The zero-order valence-corrected chi connectivity index (χ0v) is 14.2. The lowest BCUT2D eigenvalue weighted by atomic mass is 10.1. The Bertz CT molecular complexity index is 542. The minimum Gasteiger partial charge on any atom is -0.497 e. The molecule has 5 nitrogen and oxygen atoms in total. The van der Waals surface area contributed by atoms with Gasteiger partial charge in [0.1, 0.15) is 5.75 Å². The highest BCUT2D eigenvalue weighted by molar-refractivity contribution is 5.89. The molecule has 1 fully saturated rings. The van der Waals surface area contributed by atoms with Crippen molar-refractivity contribution in [2.75, 3.05) is 20.2 Å². The van der Waals surface area contributed by atoms with E-state index in [0.717, 1.165) is 24.2 Å². The van der Waals surface area contributed by atoms with E-state index in [2.05, 4.69) is 12.2 Å². The van der Waals surface area contributed by atoms with Crippen LogP contribution in [0.4, 0.5) is 0 Å². The molecule has 23 heavy (non-hydrogen) atoms. The number of hydrogen-bond donors (Lipinski definition) is 1. The minimum atomic E-state index is -0.215. The first-order chi connectivity index (χ1) is 11.0. The van der Waals surface area contributed by atoms with Crippen molar-refractivity contribution < 1.29 is 14.3 Å². The first-order valence-corrected chi connectivity index (χ1v) is 8.25. The van der Waals surface area contributed by atoms with E-state index in [0.29, 0.717) is 19.5 Å². The molecule has 0 aromatic heterocycles. The lowest BCUT2D eigenvalue weighted by Gasteiger charge is -2.23. The molecule has 1 aromatic rings. The molecule has 2 unspecified atom stereocenters. The van der Waals surface area contributed by atoms with Crippen LogP contribution in [0.25, 0.3) is 0 Å². The van der Waals surface area contributed by atoms with Crippen LogP contribution < -0.4 is 10.1 Å². The van der Waals surface area contributed by atoms with Crippen molar-refractivity contribution in [1.29, 1.82) is 0 Å². The van der Waals surface area contributed by atoms with Crippen molar-refractivity contribution in [1.82, 2.24) is 10.2 Å². The average molecular weight is 318 g/mol. The van der Waals surface area contributed by atoms with Gasteiger partial charge in [-0.1, -0.05) is 19.1 Å². The van der Waals surface area contributed by atoms with Crippen molar-refractivity contribution >= 4 is 11.8 Å². The number of methoxy groups -OCH3 is 1. The SMILES string of the molecule is CCC(C)N1CC(C(=O)NCCc2ccc(OC)cc2)CC1=O. The van der Waals surface area contributed by atoms with E-state index >= 15 is 0 Å². The highest BCUT2D eigenvalue weighted by Gasteiger charge is 2.35. The number of nitrogens with zero attached hydrogens (tertiary/aromatic N) is 1. The zero-order chi connectivity index (χ0) is 16.8. The Kier molecular flexibility index (Phi) is 6.02. The molecule has 1 aromatic carbocycles. The molecule has 2 atom stereocenters. The normalized spacial score (nSPS) is 18.8. The van der Waals surface area contributed by atoms with Crippen molar-refractivity contribution in [3.63, 3.8) is 0 Å². The molecule has 2 amide bonds. The first-order valence-electron chi connectivity index (χ1n) is 8.25. The van der Waals surface area contributed by atoms with Crippen LogP contribution in [0.2, 0.25) is 0 Å². The van der Waals surface area contributed by atoms with Crippen molar-refractivity contribution in [2.45, 2.75) is 39.2 Å². The van der Waals surface area contributed by atoms with E-state index in [4.69, 9.17) is 4.74 Å². The molecule has 0 bridgehead atoms. The number of amides is 2. The molecule has 126 valence electrons. The average Bonchev–Trinajstić information content (AvgIpc) is 2.96. The maximum atomic E-state index is 12.2. The van der Waals surface area contributed by atoms with Gasteiger partial charge in [-0.3, -0.25) is 9.59 Å². The highest BCUT2D eigenvalue weighted by Crippen LogP contribution is 2.21. The summed E-state index contributed by atoms with van der Waals surface area (Å²) in [4.78, 5) is 26.0. The molecular weight excluding hydrogens is 292 g/mol. The largest absolute Gasteiger partial charge is 0.497 e. The summed E-state index contributed by atoms with van der Waals surface area (Å²) in [5, 5.41) is 2.95. The van der Waals surface area contributed by atoms with Gasteiger partial charge in [-0.05, 0) is 37.5 Å². The van der Waals surface area contributed by atoms with E-state index in [1.54, 1.807) is 7.11 Å². The Morgan fingerprint density at radius 3 is 2.70 bits per heavy atom. The minimum absolute atomic E-state index is 0.0161. The summed E-state index contributed by atoms with van der Waals surface area (Å²) in [6, 6.07) is 8.02. The summed E-state index contributed by atoms with van der Waals surface area (Å²) in [6.45, 7) is 5.21. The van der Waals surface area contributed by atoms with Gasteiger partial charge in [-0.2, -0.15) is 0 Å². The summed E-state index contributed by atoms with van der Waals surface area (Å²) in [6.07, 6.45) is 2.02. The van der Waals surface area contributed by atoms with Crippen molar-refractivity contribution in [3.8, 4) is 5.75 Å². The Balaban J connectivity index is 1.77. The van der Waals surface area contributed by atoms with Gasteiger partial charge >= 0.3 is 0 Å². The van der Waals surface area contributed by atoms with Crippen LogP contribution in [0.3, 0.4) is 0 Å².